The van der Waals surface area contributed by atoms with Crippen molar-refractivity contribution in [1.29, 1.82) is 0 Å². The molecule has 0 radical (unpaired) electrons. The highest BCUT2D eigenvalue weighted by Crippen LogP contribution is 2.41. The number of carbonyl (C=O) groups is 2. The highest BCUT2D eigenvalue weighted by atomic mass is 16.5. The summed E-state index contributed by atoms with van der Waals surface area (Å²) in [5, 5.41) is 3.63. The van der Waals surface area contributed by atoms with Gasteiger partial charge in [0, 0.05) is 16.6 Å². The van der Waals surface area contributed by atoms with E-state index in [-0.39, 0.29) is 17.5 Å². The number of fused-ring (bicyclic) bond motifs is 3. The Hall–Kier alpha value is -3.08. The van der Waals surface area contributed by atoms with Gasteiger partial charge in [0.05, 0.1) is 12.0 Å². The topological polar surface area (TPSA) is 68.5 Å². The summed E-state index contributed by atoms with van der Waals surface area (Å²) in [5.74, 6) is 0.468. The summed E-state index contributed by atoms with van der Waals surface area (Å²) < 4.78 is 12.0. The molecule has 4 rings (SSSR count). The van der Waals surface area contributed by atoms with E-state index in [4.69, 9.17) is 9.15 Å². The van der Waals surface area contributed by atoms with Crippen LogP contribution < -0.4 is 10.1 Å². The highest BCUT2D eigenvalue weighted by molar-refractivity contribution is 6.15. The van der Waals surface area contributed by atoms with Crippen molar-refractivity contribution in [1.82, 2.24) is 0 Å². The minimum absolute atomic E-state index is 0.0202. The summed E-state index contributed by atoms with van der Waals surface area (Å²) >= 11 is 0. The maximum Gasteiger partial charge on any atom is 0.291 e. The van der Waals surface area contributed by atoms with Gasteiger partial charge in [-0.2, -0.15) is 0 Å². The molecule has 0 saturated carbocycles. The molecule has 1 aliphatic heterocycles. The van der Waals surface area contributed by atoms with Crippen LogP contribution in [0.3, 0.4) is 0 Å². The molecule has 1 aromatic heterocycles. The van der Waals surface area contributed by atoms with Crippen molar-refractivity contribution in [2.24, 2.45) is 0 Å². The third kappa shape index (κ3) is 3.11. The number of benzene rings is 2. The minimum atomic E-state index is -0.502. The van der Waals surface area contributed by atoms with Crippen LogP contribution in [0.15, 0.2) is 34.7 Å². The van der Waals surface area contributed by atoms with Gasteiger partial charge in [-0.1, -0.05) is 25.1 Å². The molecule has 1 N–H and O–H groups in total. The Bertz CT molecular complexity index is 1140. The van der Waals surface area contributed by atoms with Gasteiger partial charge in [0.15, 0.2) is 11.5 Å². The molecule has 29 heavy (non-hydrogen) atoms. The zero-order chi connectivity index (χ0) is 20.9. The maximum absolute atomic E-state index is 13.0. The molecule has 0 bridgehead atoms. The first-order valence-corrected chi connectivity index (χ1v) is 9.90. The van der Waals surface area contributed by atoms with Crippen molar-refractivity contribution >= 4 is 28.3 Å². The van der Waals surface area contributed by atoms with Gasteiger partial charge < -0.3 is 14.5 Å². The Labute approximate surface area is 170 Å². The van der Waals surface area contributed by atoms with E-state index in [1.165, 1.54) is 0 Å². The first-order chi connectivity index (χ1) is 13.7. The number of carbonyl (C=O) groups excluding carboxylic acids is 2. The molecule has 3 aromatic rings. The van der Waals surface area contributed by atoms with Crippen LogP contribution in [0.1, 0.15) is 64.3 Å². The summed E-state index contributed by atoms with van der Waals surface area (Å²) in [6.07, 6.45) is 1.05. The fourth-order valence-corrected chi connectivity index (χ4v) is 4.01. The van der Waals surface area contributed by atoms with Crippen LogP contribution in [0.2, 0.25) is 0 Å². The summed E-state index contributed by atoms with van der Waals surface area (Å²) in [4.78, 5) is 26.0. The van der Waals surface area contributed by atoms with Gasteiger partial charge in [0.25, 0.3) is 5.91 Å². The number of aryl methyl sites for hydroxylation is 3. The number of amides is 1. The van der Waals surface area contributed by atoms with Gasteiger partial charge in [0.2, 0.25) is 0 Å². The SMILES string of the molecule is CCC1(C)CC(=O)c2c(ccc3oc(C(=O)Nc4c(C)cccc4C)c(C)c23)O1. The lowest BCUT2D eigenvalue weighted by Crippen LogP contribution is -2.38. The van der Waals surface area contributed by atoms with E-state index in [0.29, 0.717) is 34.3 Å². The normalized spacial score (nSPS) is 18.4. The Morgan fingerprint density at radius 1 is 1.14 bits per heavy atom. The number of hydrogen-bond acceptors (Lipinski definition) is 4. The average molecular weight is 391 g/mol. The van der Waals surface area contributed by atoms with Crippen molar-refractivity contribution in [2.45, 2.75) is 53.1 Å². The molecule has 1 unspecified atom stereocenters. The van der Waals surface area contributed by atoms with E-state index in [1.54, 1.807) is 12.1 Å². The lowest BCUT2D eigenvalue weighted by atomic mass is 9.87. The zero-order valence-electron chi connectivity index (χ0n) is 17.4. The molecule has 1 aliphatic rings. The van der Waals surface area contributed by atoms with E-state index < -0.39 is 5.60 Å². The summed E-state index contributed by atoms with van der Waals surface area (Å²) in [7, 11) is 0. The van der Waals surface area contributed by atoms with Crippen molar-refractivity contribution < 1.29 is 18.7 Å². The van der Waals surface area contributed by atoms with Gasteiger partial charge in [-0.15, -0.1) is 0 Å². The van der Waals surface area contributed by atoms with Crippen LogP contribution in [0, 0.1) is 20.8 Å². The fourth-order valence-electron chi connectivity index (χ4n) is 4.01. The number of rotatable bonds is 3. The van der Waals surface area contributed by atoms with Crippen LogP contribution in [-0.4, -0.2) is 17.3 Å². The van der Waals surface area contributed by atoms with E-state index in [2.05, 4.69) is 5.32 Å². The number of hydrogen-bond donors (Lipinski definition) is 1. The van der Waals surface area contributed by atoms with Crippen molar-refractivity contribution in [2.75, 3.05) is 5.32 Å². The van der Waals surface area contributed by atoms with Gasteiger partial charge in [-0.3, -0.25) is 9.59 Å². The second-order valence-electron chi connectivity index (χ2n) is 8.09. The molecule has 5 heteroatoms. The Kier molecular flexibility index (Phi) is 4.49. The Morgan fingerprint density at radius 2 is 1.83 bits per heavy atom. The van der Waals surface area contributed by atoms with E-state index >= 15 is 0 Å². The smallest absolute Gasteiger partial charge is 0.291 e. The second-order valence-corrected chi connectivity index (χ2v) is 8.09. The molecular formula is C24H25NO4. The second kappa shape index (κ2) is 6.76. The predicted molar refractivity (Wildman–Crippen MR) is 113 cm³/mol. The Morgan fingerprint density at radius 3 is 2.48 bits per heavy atom. The molecule has 0 fully saturated rings. The van der Waals surface area contributed by atoms with Crippen LogP contribution in [-0.2, 0) is 0 Å². The molecule has 1 amide bonds. The molecular weight excluding hydrogens is 366 g/mol. The first kappa shape index (κ1) is 19.2. The zero-order valence-corrected chi connectivity index (χ0v) is 17.4. The third-order valence-electron chi connectivity index (χ3n) is 5.90. The van der Waals surface area contributed by atoms with E-state index in [0.717, 1.165) is 23.2 Å². The minimum Gasteiger partial charge on any atom is -0.486 e. The maximum atomic E-state index is 13.0. The molecule has 2 heterocycles. The van der Waals surface area contributed by atoms with Crippen molar-refractivity contribution in [3.63, 3.8) is 0 Å². The quantitative estimate of drug-likeness (QED) is 0.618. The largest absolute Gasteiger partial charge is 0.486 e. The number of ketones is 1. The first-order valence-electron chi connectivity index (χ1n) is 9.90. The number of nitrogens with one attached hydrogen (secondary N) is 1. The lowest BCUT2D eigenvalue weighted by molar-refractivity contribution is 0.0503. The van der Waals surface area contributed by atoms with Gasteiger partial charge in [-0.25, -0.2) is 0 Å². The summed E-state index contributed by atoms with van der Waals surface area (Å²) in [5.41, 5.74) is 3.91. The van der Waals surface area contributed by atoms with Crippen LogP contribution in [0.4, 0.5) is 5.69 Å². The van der Waals surface area contributed by atoms with E-state index in [9.17, 15) is 9.59 Å². The van der Waals surface area contributed by atoms with Crippen molar-refractivity contribution in [3.8, 4) is 5.75 Å². The predicted octanol–water partition coefficient (Wildman–Crippen LogP) is 5.74. The van der Waals surface area contributed by atoms with Crippen LogP contribution in [0.25, 0.3) is 11.0 Å². The highest BCUT2D eigenvalue weighted by Gasteiger charge is 2.37. The fraction of sp³-hybridized carbons (Fsp3) is 0.333. The van der Waals surface area contributed by atoms with Crippen LogP contribution in [0.5, 0.6) is 5.75 Å². The molecule has 150 valence electrons. The number of ether oxygens (including phenoxy) is 1. The van der Waals surface area contributed by atoms with Gasteiger partial charge in [-0.05, 0) is 57.4 Å². The standard InChI is InChI=1S/C24H25NO4/c1-6-24(5)12-16(26)20-18(29-24)11-10-17-19(20)15(4)22(28-17)23(27)25-21-13(2)8-7-9-14(21)3/h7-11H,6,12H2,1-5H3,(H,25,27). The monoisotopic (exact) mass is 391 g/mol. The summed E-state index contributed by atoms with van der Waals surface area (Å²) in [6, 6.07) is 9.38. The molecule has 5 nitrogen and oxygen atoms in total. The molecule has 0 aliphatic carbocycles. The molecule has 2 aromatic carbocycles. The third-order valence-corrected chi connectivity index (χ3v) is 5.90. The Balaban J connectivity index is 1.79. The molecule has 1 atom stereocenters. The summed E-state index contributed by atoms with van der Waals surface area (Å²) in [6.45, 7) is 9.67. The number of Topliss-reactive ketones (excluding diaryl/α,β-unsaturated/α-hetero) is 1. The molecule has 0 saturated heterocycles. The van der Waals surface area contributed by atoms with Crippen molar-refractivity contribution in [3.05, 3.63) is 58.3 Å². The number of para-hydroxylation sites is 1. The molecule has 0 spiro atoms. The van der Waals surface area contributed by atoms with Gasteiger partial charge in [0.1, 0.15) is 16.9 Å². The number of anilines is 1. The lowest BCUT2D eigenvalue weighted by Gasteiger charge is -2.34. The van der Waals surface area contributed by atoms with Crippen LogP contribution >= 0.6 is 0 Å². The van der Waals surface area contributed by atoms with E-state index in [1.807, 2.05) is 52.8 Å². The average Bonchev–Trinajstić information content (AvgIpc) is 3.01. The number of furan rings is 1. The van der Waals surface area contributed by atoms with Gasteiger partial charge >= 0.3 is 0 Å².